The SMILES string of the molecule is CN(C)Cc1nc2ccc(B3OC(C)(C)C(C)(C)O3)cc2n1C. The average molecular weight is 315 g/mol. The van der Waals surface area contributed by atoms with Crippen LogP contribution >= 0.6 is 0 Å². The van der Waals surface area contributed by atoms with E-state index < -0.39 is 0 Å². The highest BCUT2D eigenvalue weighted by molar-refractivity contribution is 6.62. The number of hydrogen-bond donors (Lipinski definition) is 0. The summed E-state index contributed by atoms with van der Waals surface area (Å²) in [7, 11) is 5.82. The average Bonchev–Trinajstić information content (AvgIpc) is 2.84. The second-order valence-corrected chi connectivity index (χ2v) is 7.66. The van der Waals surface area contributed by atoms with Crippen LogP contribution in [-0.2, 0) is 22.9 Å². The van der Waals surface area contributed by atoms with Gasteiger partial charge in [0.05, 0.1) is 28.8 Å². The van der Waals surface area contributed by atoms with E-state index in [1.807, 2.05) is 0 Å². The van der Waals surface area contributed by atoms with Crippen molar-refractivity contribution in [1.82, 2.24) is 14.5 Å². The molecule has 3 rings (SSSR count). The summed E-state index contributed by atoms with van der Waals surface area (Å²) in [5.74, 6) is 1.05. The maximum atomic E-state index is 6.15. The molecular formula is C17H26BN3O2. The molecule has 23 heavy (non-hydrogen) atoms. The first-order chi connectivity index (χ1) is 10.6. The summed E-state index contributed by atoms with van der Waals surface area (Å²) in [6.45, 7) is 9.11. The third kappa shape index (κ3) is 2.79. The van der Waals surface area contributed by atoms with Crippen molar-refractivity contribution in [3.05, 3.63) is 24.0 Å². The van der Waals surface area contributed by atoms with Gasteiger partial charge >= 0.3 is 7.12 Å². The molecule has 0 atom stereocenters. The lowest BCUT2D eigenvalue weighted by molar-refractivity contribution is 0.00578. The van der Waals surface area contributed by atoms with Crippen LogP contribution in [0.3, 0.4) is 0 Å². The number of rotatable bonds is 3. The largest absolute Gasteiger partial charge is 0.494 e. The van der Waals surface area contributed by atoms with Crippen molar-refractivity contribution in [3.63, 3.8) is 0 Å². The van der Waals surface area contributed by atoms with Crippen molar-refractivity contribution in [2.24, 2.45) is 7.05 Å². The van der Waals surface area contributed by atoms with Crippen molar-refractivity contribution in [3.8, 4) is 0 Å². The molecule has 5 nitrogen and oxygen atoms in total. The summed E-state index contributed by atoms with van der Waals surface area (Å²) >= 11 is 0. The Hall–Kier alpha value is -1.37. The highest BCUT2D eigenvalue weighted by Gasteiger charge is 2.51. The van der Waals surface area contributed by atoms with E-state index in [1.165, 1.54) is 0 Å². The molecule has 1 aliphatic heterocycles. The molecule has 6 heteroatoms. The monoisotopic (exact) mass is 315 g/mol. The molecule has 0 radical (unpaired) electrons. The first-order valence-electron chi connectivity index (χ1n) is 8.06. The van der Waals surface area contributed by atoms with Crippen LogP contribution in [0.4, 0.5) is 0 Å². The van der Waals surface area contributed by atoms with Gasteiger partial charge < -0.3 is 18.8 Å². The third-order valence-corrected chi connectivity index (χ3v) is 4.98. The maximum absolute atomic E-state index is 6.15. The summed E-state index contributed by atoms with van der Waals surface area (Å²) in [4.78, 5) is 6.84. The highest BCUT2D eigenvalue weighted by atomic mass is 16.7. The molecule has 124 valence electrons. The van der Waals surface area contributed by atoms with Gasteiger partial charge in [-0.05, 0) is 59.4 Å². The minimum atomic E-state index is -0.336. The zero-order valence-electron chi connectivity index (χ0n) is 15.2. The molecule has 0 bridgehead atoms. The molecule has 2 heterocycles. The molecule has 0 N–H and O–H groups in total. The van der Waals surface area contributed by atoms with E-state index in [1.54, 1.807) is 0 Å². The fourth-order valence-electron chi connectivity index (χ4n) is 2.81. The Morgan fingerprint density at radius 2 is 1.74 bits per heavy atom. The lowest BCUT2D eigenvalue weighted by Gasteiger charge is -2.32. The Bertz CT molecular complexity index is 721. The van der Waals surface area contributed by atoms with Gasteiger partial charge in [0.15, 0.2) is 0 Å². The topological polar surface area (TPSA) is 39.5 Å². The van der Waals surface area contributed by atoms with Gasteiger partial charge in [-0.3, -0.25) is 0 Å². The van der Waals surface area contributed by atoms with Crippen LogP contribution in [0.25, 0.3) is 11.0 Å². The van der Waals surface area contributed by atoms with Crippen molar-refractivity contribution in [2.45, 2.75) is 45.4 Å². The highest BCUT2D eigenvalue weighted by Crippen LogP contribution is 2.36. The Labute approximate surface area is 138 Å². The first-order valence-corrected chi connectivity index (χ1v) is 8.06. The molecule has 1 fully saturated rings. The predicted octanol–water partition coefficient (Wildman–Crippen LogP) is 1.93. The van der Waals surface area contributed by atoms with Gasteiger partial charge in [-0.2, -0.15) is 0 Å². The van der Waals surface area contributed by atoms with Gasteiger partial charge in [-0.1, -0.05) is 6.07 Å². The molecule has 0 spiro atoms. The van der Waals surface area contributed by atoms with Gasteiger partial charge in [-0.25, -0.2) is 4.98 Å². The predicted molar refractivity (Wildman–Crippen MR) is 93.8 cm³/mol. The fourth-order valence-corrected chi connectivity index (χ4v) is 2.81. The van der Waals surface area contributed by atoms with E-state index in [0.717, 1.165) is 28.9 Å². The van der Waals surface area contributed by atoms with Crippen molar-refractivity contribution in [2.75, 3.05) is 14.1 Å². The van der Waals surface area contributed by atoms with Gasteiger partial charge in [0.25, 0.3) is 0 Å². The van der Waals surface area contributed by atoms with Gasteiger partial charge in [0.1, 0.15) is 5.82 Å². The second-order valence-electron chi connectivity index (χ2n) is 7.66. The van der Waals surface area contributed by atoms with Gasteiger partial charge in [0, 0.05) is 7.05 Å². The van der Waals surface area contributed by atoms with E-state index in [0.29, 0.717) is 0 Å². The lowest BCUT2D eigenvalue weighted by atomic mass is 9.79. The Morgan fingerprint density at radius 1 is 1.13 bits per heavy atom. The van der Waals surface area contributed by atoms with E-state index in [2.05, 4.69) is 76.5 Å². The molecule has 1 aliphatic rings. The number of fused-ring (bicyclic) bond motifs is 1. The van der Waals surface area contributed by atoms with Crippen LogP contribution in [0.2, 0.25) is 0 Å². The molecule has 1 aromatic heterocycles. The minimum absolute atomic E-state index is 0.324. The Morgan fingerprint density at radius 3 is 2.30 bits per heavy atom. The van der Waals surface area contributed by atoms with Crippen molar-refractivity contribution >= 4 is 23.6 Å². The van der Waals surface area contributed by atoms with E-state index in [9.17, 15) is 0 Å². The zero-order valence-corrected chi connectivity index (χ0v) is 15.2. The molecule has 1 aromatic carbocycles. The normalized spacial score (nSPS) is 19.9. The number of benzene rings is 1. The zero-order chi connectivity index (χ0) is 17.0. The lowest BCUT2D eigenvalue weighted by Crippen LogP contribution is -2.41. The fraction of sp³-hybridized carbons (Fsp3) is 0.588. The molecule has 0 unspecified atom stereocenters. The molecule has 0 amide bonds. The number of aryl methyl sites for hydroxylation is 1. The standard InChI is InChI=1S/C17H26BN3O2/c1-16(2)17(3,4)23-18(22-16)12-8-9-13-14(10-12)21(7)15(19-13)11-20(5)6/h8-10H,11H2,1-7H3. The summed E-state index contributed by atoms with van der Waals surface area (Å²) < 4.78 is 14.4. The molecule has 0 saturated carbocycles. The van der Waals surface area contributed by atoms with Crippen LogP contribution in [0.15, 0.2) is 18.2 Å². The number of hydrogen-bond acceptors (Lipinski definition) is 4. The summed E-state index contributed by atoms with van der Waals surface area (Å²) in [6.07, 6.45) is 0. The second kappa shape index (κ2) is 5.33. The van der Waals surface area contributed by atoms with Crippen LogP contribution < -0.4 is 5.46 Å². The quantitative estimate of drug-likeness (QED) is 0.812. The number of imidazole rings is 1. The Kier molecular flexibility index (Phi) is 3.82. The minimum Gasteiger partial charge on any atom is -0.399 e. The smallest absolute Gasteiger partial charge is 0.399 e. The Balaban J connectivity index is 1.96. The maximum Gasteiger partial charge on any atom is 0.494 e. The van der Waals surface area contributed by atoms with Crippen LogP contribution in [0.5, 0.6) is 0 Å². The van der Waals surface area contributed by atoms with Crippen molar-refractivity contribution in [1.29, 1.82) is 0 Å². The van der Waals surface area contributed by atoms with Crippen LogP contribution in [-0.4, -0.2) is 46.9 Å². The molecule has 0 aliphatic carbocycles. The molecular weight excluding hydrogens is 289 g/mol. The number of nitrogens with zero attached hydrogens (tertiary/aromatic N) is 3. The summed E-state index contributed by atoms with van der Waals surface area (Å²) in [6, 6.07) is 6.23. The third-order valence-electron chi connectivity index (χ3n) is 4.98. The number of aromatic nitrogens is 2. The van der Waals surface area contributed by atoms with Crippen LogP contribution in [0, 0.1) is 0 Å². The summed E-state index contributed by atoms with van der Waals surface area (Å²) in [5.41, 5.74) is 2.50. The van der Waals surface area contributed by atoms with Gasteiger partial charge in [-0.15, -0.1) is 0 Å². The van der Waals surface area contributed by atoms with Crippen molar-refractivity contribution < 1.29 is 9.31 Å². The van der Waals surface area contributed by atoms with E-state index in [-0.39, 0.29) is 18.3 Å². The van der Waals surface area contributed by atoms with E-state index >= 15 is 0 Å². The molecule has 1 saturated heterocycles. The van der Waals surface area contributed by atoms with E-state index in [4.69, 9.17) is 14.3 Å². The molecule has 2 aromatic rings. The first kappa shape index (κ1) is 16.5. The van der Waals surface area contributed by atoms with Crippen LogP contribution in [0.1, 0.15) is 33.5 Å². The van der Waals surface area contributed by atoms with Gasteiger partial charge in [0.2, 0.25) is 0 Å². The summed E-state index contributed by atoms with van der Waals surface area (Å²) in [5, 5.41) is 0.